The fourth-order valence-corrected chi connectivity index (χ4v) is 2.70. The molecule has 0 saturated carbocycles. The van der Waals surface area contributed by atoms with Crippen LogP contribution >= 0.6 is 35.6 Å². The monoisotopic (exact) mass is 270 g/mol. The van der Waals surface area contributed by atoms with Crippen molar-refractivity contribution in [2.24, 2.45) is 0 Å². The van der Waals surface area contributed by atoms with E-state index in [1.54, 1.807) is 18.0 Å². The Kier molecular flexibility index (Phi) is 3.84. The van der Waals surface area contributed by atoms with E-state index < -0.39 is 0 Å². The molecule has 16 heavy (non-hydrogen) atoms. The Labute approximate surface area is 110 Å². The second-order valence-corrected chi connectivity index (χ2v) is 5.69. The number of pyridine rings is 1. The van der Waals surface area contributed by atoms with E-state index in [0.717, 1.165) is 22.1 Å². The molecule has 0 saturated heterocycles. The predicted molar refractivity (Wildman–Crippen MR) is 73.9 cm³/mol. The van der Waals surface area contributed by atoms with Gasteiger partial charge in [-0.3, -0.25) is 0 Å². The molecule has 0 aliphatic carbocycles. The first-order valence-corrected chi connectivity index (χ1v) is 6.61. The third kappa shape index (κ3) is 2.97. The molecule has 84 valence electrons. The van der Waals surface area contributed by atoms with Gasteiger partial charge in [-0.15, -0.1) is 11.8 Å². The van der Waals surface area contributed by atoms with Crippen LogP contribution in [-0.2, 0) is 6.54 Å². The number of hydrogen-bond donors (Lipinski definition) is 0. The zero-order chi connectivity index (χ0) is 11.5. The van der Waals surface area contributed by atoms with Crippen LogP contribution in [0.4, 0.5) is 0 Å². The summed E-state index contributed by atoms with van der Waals surface area (Å²) in [4.78, 5) is 6.25. The number of rotatable bonds is 3. The van der Waals surface area contributed by atoms with E-state index in [1.807, 2.05) is 12.1 Å². The molecule has 0 radical (unpaired) electrons. The van der Waals surface area contributed by atoms with Crippen molar-refractivity contribution < 1.29 is 0 Å². The minimum absolute atomic E-state index is 0.531. The quantitative estimate of drug-likeness (QED) is 0.619. The van der Waals surface area contributed by atoms with Gasteiger partial charge < -0.3 is 4.90 Å². The molecule has 1 aliphatic rings. The van der Waals surface area contributed by atoms with Gasteiger partial charge in [-0.05, 0) is 17.7 Å². The van der Waals surface area contributed by atoms with Crippen molar-refractivity contribution in [1.29, 1.82) is 0 Å². The van der Waals surface area contributed by atoms with Crippen LogP contribution in [-0.4, -0.2) is 26.9 Å². The summed E-state index contributed by atoms with van der Waals surface area (Å²) in [5.74, 6) is 0.969. The lowest BCUT2D eigenvalue weighted by molar-refractivity contribution is 0.415. The molecule has 0 bridgehead atoms. The smallest absolute Gasteiger partial charge is 0.129 e. The molecule has 0 spiro atoms. The number of hydrogen-bond acceptors (Lipinski definition) is 4. The first-order chi connectivity index (χ1) is 7.65. The lowest BCUT2D eigenvalue weighted by Gasteiger charge is -2.19. The van der Waals surface area contributed by atoms with E-state index in [9.17, 15) is 0 Å². The fraction of sp³-hybridized carbons (Fsp3) is 0.273. The van der Waals surface area contributed by atoms with E-state index in [-0.39, 0.29) is 0 Å². The maximum atomic E-state index is 5.74. The van der Waals surface area contributed by atoms with Crippen LogP contribution in [0.15, 0.2) is 30.1 Å². The first kappa shape index (κ1) is 11.9. The summed E-state index contributed by atoms with van der Waals surface area (Å²) in [5, 5.41) is 0.531. The van der Waals surface area contributed by atoms with Gasteiger partial charge in [0.15, 0.2) is 0 Å². The van der Waals surface area contributed by atoms with Gasteiger partial charge in [-0.1, -0.05) is 29.9 Å². The van der Waals surface area contributed by atoms with E-state index >= 15 is 0 Å². The molecular weight excluding hydrogens is 260 g/mol. The summed E-state index contributed by atoms with van der Waals surface area (Å²) in [5.41, 5.74) is 2.42. The van der Waals surface area contributed by atoms with Crippen LogP contribution in [0.5, 0.6) is 0 Å². The molecule has 5 heteroatoms. The van der Waals surface area contributed by atoms with Crippen LogP contribution < -0.4 is 0 Å². The van der Waals surface area contributed by atoms with Crippen molar-refractivity contribution in [3.63, 3.8) is 0 Å². The summed E-state index contributed by atoms with van der Waals surface area (Å²) in [7, 11) is 2.06. The van der Waals surface area contributed by atoms with Crippen molar-refractivity contribution in [1.82, 2.24) is 9.88 Å². The summed E-state index contributed by atoms with van der Waals surface area (Å²) in [6.45, 7) is 0.833. The van der Waals surface area contributed by atoms with Crippen molar-refractivity contribution in [2.45, 2.75) is 6.54 Å². The summed E-state index contributed by atoms with van der Waals surface area (Å²) >= 11 is 12.6. The Balaban J connectivity index is 2.02. The number of thiocarbonyl (C=S) groups is 1. The van der Waals surface area contributed by atoms with Gasteiger partial charge in [-0.25, -0.2) is 4.98 Å². The van der Waals surface area contributed by atoms with Crippen LogP contribution in [0, 0.1) is 0 Å². The Morgan fingerprint density at radius 3 is 2.94 bits per heavy atom. The largest absolute Gasteiger partial charge is 0.373 e. The van der Waals surface area contributed by atoms with Gasteiger partial charge in [0.1, 0.15) is 5.15 Å². The SMILES string of the molecule is CN(Cc1ccc(Cl)nc1)C1=CC(=S)SC1. The molecule has 0 N–H and O–H groups in total. The van der Waals surface area contributed by atoms with E-state index in [4.69, 9.17) is 23.8 Å². The summed E-state index contributed by atoms with van der Waals surface area (Å²) < 4.78 is 0.969. The topological polar surface area (TPSA) is 16.1 Å². The normalized spacial score (nSPS) is 15.1. The standard InChI is InChI=1S/C11H11ClN2S2/c1-14(9-4-11(15)16-7-9)6-8-2-3-10(12)13-5-8/h2-5H,6-7H2,1H3. The molecule has 0 unspecified atom stereocenters. The molecule has 0 amide bonds. The van der Waals surface area contributed by atoms with Crippen LogP contribution in [0.3, 0.4) is 0 Å². The Hall–Kier alpha value is -0.580. The van der Waals surface area contributed by atoms with Crippen molar-refractivity contribution in [3.05, 3.63) is 40.8 Å². The molecule has 1 aromatic heterocycles. The number of thioether (sulfide) groups is 1. The average Bonchev–Trinajstić information content (AvgIpc) is 2.68. The molecule has 1 aliphatic heterocycles. The highest BCUT2D eigenvalue weighted by atomic mass is 35.5. The van der Waals surface area contributed by atoms with Gasteiger partial charge in [-0.2, -0.15) is 0 Å². The second-order valence-electron chi connectivity index (χ2n) is 3.59. The van der Waals surface area contributed by atoms with E-state index in [2.05, 4.69) is 23.0 Å². The molecule has 2 nitrogen and oxygen atoms in total. The lowest BCUT2D eigenvalue weighted by Crippen LogP contribution is -2.17. The Morgan fingerprint density at radius 1 is 1.56 bits per heavy atom. The molecule has 0 fully saturated rings. The summed E-state index contributed by atoms with van der Waals surface area (Å²) in [6, 6.07) is 3.81. The van der Waals surface area contributed by atoms with Gasteiger partial charge in [0.25, 0.3) is 0 Å². The summed E-state index contributed by atoms with van der Waals surface area (Å²) in [6.07, 6.45) is 3.86. The number of nitrogens with zero attached hydrogens (tertiary/aromatic N) is 2. The second kappa shape index (κ2) is 5.17. The van der Waals surface area contributed by atoms with Gasteiger partial charge >= 0.3 is 0 Å². The van der Waals surface area contributed by atoms with E-state index in [0.29, 0.717) is 5.15 Å². The van der Waals surface area contributed by atoms with Gasteiger partial charge in [0, 0.05) is 31.2 Å². The predicted octanol–water partition coefficient (Wildman–Crippen LogP) is 3.12. The van der Waals surface area contributed by atoms with Crippen molar-refractivity contribution in [2.75, 3.05) is 12.8 Å². The minimum atomic E-state index is 0.531. The molecule has 0 atom stereocenters. The minimum Gasteiger partial charge on any atom is -0.373 e. The van der Waals surface area contributed by atoms with E-state index in [1.165, 1.54) is 5.70 Å². The molecular formula is C11H11ClN2S2. The molecule has 1 aromatic rings. The zero-order valence-electron chi connectivity index (χ0n) is 8.81. The maximum absolute atomic E-state index is 5.74. The van der Waals surface area contributed by atoms with Crippen molar-refractivity contribution >= 4 is 39.8 Å². The lowest BCUT2D eigenvalue weighted by atomic mass is 10.2. The highest BCUT2D eigenvalue weighted by Gasteiger charge is 2.13. The van der Waals surface area contributed by atoms with Crippen molar-refractivity contribution in [3.8, 4) is 0 Å². The Morgan fingerprint density at radius 2 is 2.38 bits per heavy atom. The number of halogens is 1. The highest BCUT2D eigenvalue weighted by Crippen LogP contribution is 2.23. The molecule has 2 rings (SSSR count). The third-order valence-corrected chi connectivity index (χ3v) is 3.88. The third-order valence-electron chi connectivity index (χ3n) is 2.35. The molecule has 2 heterocycles. The first-order valence-electron chi connectivity index (χ1n) is 4.84. The highest BCUT2D eigenvalue weighted by molar-refractivity contribution is 8.24. The fourth-order valence-electron chi connectivity index (χ4n) is 1.46. The molecule has 0 aromatic carbocycles. The van der Waals surface area contributed by atoms with Gasteiger partial charge in [0.2, 0.25) is 0 Å². The number of aromatic nitrogens is 1. The zero-order valence-corrected chi connectivity index (χ0v) is 11.2. The van der Waals surface area contributed by atoms with Crippen LogP contribution in [0.1, 0.15) is 5.56 Å². The van der Waals surface area contributed by atoms with Crippen LogP contribution in [0.2, 0.25) is 5.15 Å². The van der Waals surface area contributed by atoms with Gasteiger partial charge in [0.05, 0.1) is 4.20 Å². The average molecular weight is 271 g/mol. The maximum Gasteiger partial charge on any atom is 0.129 e. The van der Waals surface area contributed by atoms with Crippen LogP contribution in [0.25, 0.3) is 0 Å². The Bertz CT molecular complexity index is 428.